The molecule has 0 atom stereocenters. The molecule has 0 aliphatic heterocycles. The van der Waals surface area contributed by atoms with Gasteiger partial charge in [-0.05, 0) is 96.8 Å². The van der Waals surface area contributed by atoms with Crippen LogP contribution in [0.25, 0.3) is 45.4 Å². The Hall–Kier alpha value is -4.49. The van der Waals surface area contributed by atoms with Gasteiger partial charge in [-0.3, -0.25) is 9.97 Å². The molecule has 326 valence electrons. The summed E-state index contributed by atoms with van der Waals surface area (Å²) in [4.78, 5) is 29.6. The lowest BCUT2D eigenvalue weighted by atomic mass is 10.1. The molecule has 61 heavy (non-hydrogen) atoms. The fraction of sp³-hybridized carbons (Fsp3) is 0.405. The third kappa shape index (κ3) is 14.3. The van der Waals surface area contributed by atoms with E-state index in [2.05, 4.69) is 77.6 Å². The van der Waals surface area contributed by atoms with Crippen molar-refractivity contribution in [3.05, 3.63) is 70.3 Å². The summed E-state index contributed by atoms with van der Waals surface area (Å²) in [6.45, 7) is 9.19. The minimum atomic E-state index is -0.750. The van der Waals surface area contributed by atoms with Gasteiger partial charge in [0, 0.05) is 49.1 Å². The number of nitrogens with zero attached hydrogens (tertiary/aromatic N) is 12. The molecule has 0 fully saturated rings. The summed E-state index contributed by atoms with van der Waals surface area (Å²) in [7, 11) is 3.87. The maximum absolute atomic E-state index is 8.29. The van der Waals surface area contributed by atoms with Crippen LogP contribution in [0.4, 0.5) is 0 Å². The molecule has 6 aromatic heterocycles. The van der Waals surface area contributed by atoms with Crippen molar-refractivity contribution < 1.29 is 26.5 Å². The van der Waals surface area contributed by atoms with Crippen LogP contribution >= 0.6 is 51.2 Å². The molecule has 0 radical (unpaired) electrons. The smallest absolute Gasteiger partial charge is 0.335 e. The summed E-state index contributed by atoms with van der Waals surface area (Å²) in [5.41, 5.74) is 10.5. The Morgan fingerprint density at radius 2 is 1.10 bits per heavy atom. The molecular formula is C37H45BrN12O6S5. The van der Waals surface area contributed by atoms with Crippen LogP contribution in [-0.2, 0) is 59.8 Å². The van der Waals surface area contributed by atoms with E-state index in [0.29, 0.717) is 17.8 Å². The summed E-state index contributed by atoms with van der Waals surface area (Å²) in [5, 5.41) is 26.0. The van der Waals surface area contributed by atoms with E-state index in [4.69, 9.17) is 41.5 Å². The Bertz CT molecular complexity index is 2510. The van der Waals surface area contributed by atoms with Crippen LogP contribution in [0.15, 0.2) is 47.0 Å². The van der Waals surface area contributed by atoms with Gasteiger partial charge >= 0.3 is 23.1 Å². The third-order valence-corrected chi connectivity index (χ3v) is 10.8. The number of hydrogen-bond acceptors (Lipinski definition) is 19. The number of oxime groups is 2. The standard InChI is InChI=1S/C19H24N6OS2.C18H21BrN6OS.2O2S/c1-6-13-10-14(19(28-5)24-26-7-8-27-4)11-20-16(13)18-21-15-9-12(2)22-23-17(15)25(18)3;1-5-12-9-13(16(19)24-26-6-7-27-4)10-20-15(12)18-21-14-8-11(2)22-23-17(14)25(18)3;2*1-3-2/h9-11H,6-8H2,1-5H3;8-10H,5-7H2,1-4H3;;/b24-19-;24-16-;;. The normalized spacial score (nSPS) is 11.2. The van der Waals surface area contributed by atoms with E-state index >= 15 is 0 Å². The summed E-state index contributed by atoms with van der Waals surface area (Å²) in [6, 6.07) is 8.05. The second kappa shape index (κ2) is 26.8. The molecule has 18 nitrogen and oxygen atoms in total. The fourth-order valence-corrected chi connectivity index (χ4v) is 6.76. The molecule has 0 amide bonds. The lowest BCUT2D eigenvalue weighted by Gasteiger charge is -2.10. The highest BCUT2D eigenvalue weighted by Gasteiger charge is 2.19. The number of hydrogen-bond donors (Lipinski definition) is 0. The summed E-state index contributed by atoms with van der Waals surface area (Å²) < 4.78 is 37.7. The molecule has 24 heteroatoms. The van der Waals surface area contributed by atoms with Crippen molar-refractivity contribution in [2.24, 2.45) is 24.4 Å². The molecule has 0 bridgehead atoms. The van der Waals surface area contributed by atoms with Gasteiger partial charge in [-0.1, -0.05) is 24.2 Å². The second-order valence-corrected chi connectivity index (χ2v) is 16.1. The number of aromatic nitrogens is 10. The van der Waals surface area contributed by atoms with Crippen LogP contribution in [0.5, 0.6) is 0 Å². The molecule has 0 saturated heterocycles. The Morgan fingerprint density at radius 1 is 0.672 bits per heavy atom. The first-order valence-electron chi connectivity index (χ1n) is 18.2. The highest BCUT2D eigenvalue weighted by molar-refractivity contribution is 9.18. The van der Waals surface area contributed by atoms with Gasteiger partial charge in [-0.2, -0.15) is 50.6 Å². The van der Waals surface area contributed by atoms with E-state index in [9.17, 15) is 0 Å². The monoisotopic (exact) mass is 992 g/mol. The molecule has 6 rings (SSSR count). The first kappa shape index (κ1) is 50.9. The fourth-order valence-electron chi connectivity index (χ4n) is 5.48. The minimum absolute atomic E-state index is 0.572. The van der Waals surface area contributed by atoms with Crippen molar-refractivity contribution in [1.29, 1.82) is 0 Å². The Kier molecular flexibility index (Phi) is 22.3. The quantitative estimate of drug-likeness (QED) is 0.0521. The molecule has 0 saturated carbocycles. The number of aryl methyl sites for hydroxylation is 6. The number of halogens is 1. The van der Waals surface area contributed by atoms with Crippen molar-refractivity contribution in [3.8, 4) is 23.0 Å². The summed E-state index contributed by atoms with van der Waals surface area (Å²) in [6.07, 6.45) is 11.3. The van der Waals surface area contributed by atoms with Crippen molar-refractivity contribution in [1.82, 2.24) is 49.5 Å². The molecule has 0 N–H and O–H groups in total. The topological polar surface area (TPSA) is 224 Å². The van der Waals surface area contributed by atoms with E-state index in [1.54, 1.807) is 41.5 Å². The molecule has 6 aromatic rings. The second-order valence-electron chi connectivity index (χ2n) is 12.3. The van der Waals surface area contributed by atoms with E-state index in [-0.39, 0.29) is 0 Å². The highest BCUT2D eigenvalue weighted by Crippen LogP contribution is 2.28. The molecule has 0 aliphatic carbocycles. The highest BCUT2D eigenvalue weighted by atomic mass is 79.9. The Morgan fingerprint density at radius 3 is 1.52 bits per heavy atom. The zero-order chi connectivity index (χ0) is 44.9. The zero-order valence-corrected chi connectivity index (χ0v) is 40.6. The lowest BCUT2D eigenvalue weighted by molar-refractivity contribution is 0.162. The lowest BCUT2D eigenvalue weighted by Crippen LogP contribution is -2.04. The molecular weight excluding hydrogens is 949 g/mol. The van der Waals surface area contributed by atoms with Crippen LogP contribution in [0.2, 0.25) is 0 Å². The van der Waals surface area contributed by atoms with E-state index < -0.39 is 23.1 Å². The van der Waals surface area contributed by atoms with Crippen molar-refractivity contribution in [3.63, 3.8) is 0 Å². The van der Waals surface area contributed by atoms with Gasteiger partial charge in [0.25, 0.3) is 0 Å². The van der Waals surface area contributed by atoms with Gasteiger partial charge in [-0.15, -0.1) is 22.0 Å². The molecule has 6 heterocycles. The van der Waals surface area contributed by atoms with Gasteiger partial charge < -0.3 is 18.8 Å². The first-order chi connectivity index (χ1) is 29.5. The van der Waals surface area contributed by atoms with Gasteiger partial charge in [0.2, 0.25) is 0 Å². The van der Waals surface area contributed by atoms with Crippen LogP contribution < -0.4 is 0 Å². The predicted molar refractivity (Wildman–Crippen MR) is 249 cm³/mol. The maximum Gasteiger partial charge on any atom is 0.335 e. The number of imidazole rings is 2. The summed E-state index contributed by atoms with van der Waals surface area (Å²) >= 11 is 6.97. The van der Waals surface area contributed by atoms with E-state index in [1.807, 2.05) is 74.2 Å². The number of pyridine rings is 2. The minimum Gasteiger partial charge on any atom is -0.394 e. The average Bonchev–Trinajstić information content (AvgIpc) is 3.76. The van der Waals surface area contributed by atoms with Crippen LogP contribution in [0.1, 0.15) is 47.5 Å². The van der Waals surface area contributed by atoms with Crippen LogP contribution in [0, 0.1) is 13.8 Å². The molecule has 0 spiro atoms. The van der Waals surface area contributed by atoms with Crippen molar-refractivity contribution in [2.45, 2.75) is 40.5 Å². The number of rotatable bonds is 14. The van der Waals surface area contributed by atoms with Gasteiger partial charge in [-0.25, -0.2) is 9.97 Å². The van der Waals surface area contributed by atoms with Crippen LogP contribution in [0.3, 0.4) is 0 Å². The summed E-state index contributed by atoms with van der Waals surface area (Å²) in [5.74, 6) is 3.38. The van der Waals surface area contributed by atoms with Gasteiger partial charge in [0.1, 0.15) is 40.7 Å². The molecule has 0 aromatic carbocycles. The maximum atomic E-state index is 8.29. The van der Waals surface area contributed by atoms with E-state index in [0.717, 1.165) is 108 Å². The number of fused-ring (bicyclic) bond motifs is 2. The van der Waals surface area contributed by atoms with Crippen LogP contribution in [-0.4, -0.2) is 119 Å². The van der Waals surface area contributed by atoms with Crippen molar-refractivity contribution >= 4 is 106 Å². The van der Waals surface area contributed by atoms with E-state index in [1.165, 1.54) is 0 Å². The van der Waals surface area contributed by atoms with Crippen molar-refractivity contribution in [2.75, 3.05) is 43.5 Å². The largest absolute Gasteiger partial charge is 0.394 e. The number of thioether (sulfide) groups is 3. The molecule has 0 aliphatic rings. The van der Waals surface area contributed by atoms with Gasteiger partial charge in [0.15, 0.2) is 27.6 Å². The molecule has 0 unspecified atom stereocenters. The first-order valence-corrected chi connectivity index (χ1v) is 24.3. The predicted octanol–water partition coefficient (Wildman–Crippen LogP) is 6.09. The average molecular weight is 994 g/mol. The van der Waals surface area contributed by atoms with Gasteiger partial charge in [0.05, 0.1) is 11.4 Å². The SMILES string of the molecule is CCc1cc(/C(=N/OCCSC)SC)cnc1-c1nc2cc(C)nnc2n1C.CCc1cc(/C(Br)=N/OCCSC)cnc1-c1nc2cc(C)nnc2n1C.O=S=O.O=S=O. The third-order valence-electron chi connectivity index (χ3n) is 8.32. The zero-order valence-electron chi connectivity index (χ0n) is 34.9. The Labute approximate surface area is 381 Å². The Balaban J connectivity index is 0.000000288.